The number of methoxy groups -OCH3 is 1. The molecule has 1 aromatic carbocycles. The van der Waals surface area contributed by atoms with E-state index >= 15 is 0 Å². The van der Waals surface area contributed by atoms with Crippen molar-refractivity contribution in [1.82, 2.24) is 9.78 Å². The maximum absolute atomic E-state index is 5.78. The van der Waals surface area contributed by atoms with Gasteiger partial charge in [-0.3, -0.25) is 4.68 Å². The number of nitrogen functional groups attached to an aromatic ring is 1. The van der Waals surface area contributed by atoms with Crippen molar-refractivity contribution < 1.29 is 4.74 Å². The summed E-state index contributed by atoms with van der Waals surface area (Å²) in [6, 6.07) is 5.60. The van der Waals surface area contributed by atoms with Crippen molar-refractivity contribution in [2.45, 2.75) is 13.5 Å². The zero-order valence-corrected chi connectivity index (χ0v) is 10.7. The second kappa shape index (κ2) is 5.44. The maximum atomic E-state index is 5.78. The molecule has 0 radical (unpaired) electrons. The van der Waals surface area contributed by atoms with Gasteiger partial charge >= 0.3 is 0 Å². The highest BCUT2D eigenvalue weighted by Crippen LogP contribution is 2.21. The molecule has 18 heavy (non-hydrogen) atoms. The molecule has 0 aliphatic heterocycles. The Morgan fingerprint density at radius 2 is 2.22 bits per heavy atom. The number of nitrogens with one attached hydrogen (secondary N) is 1. The minimum atomic E-state index is 0.687. The molecule has 0 bridgehead atoms. The summed E-state index contributed by atoms with van der Waals surface area (Å²) in [5.74, 6) is 0.757. The van der Waals surface area contributed by atoms with Gasteiger partial charge in [0.05, 0.1) is 19.9 Å². The second-order valence-corrected chi connectivity index (χ2v) is 4.20. The number of nitrogens with zero attached hydrogens (tertiary/aromatic N) is 2. The molecule has 5 heteroatoms. The van der Waals surface area contributed by atoms with Gasteiger partial charge in [0, 0.05) is 36.2 Å². The third kappa shape index (κ3) is 3.16. The van der Waals surface area contributed by atoms with Crippen molar-refractivity contribution in [2.24, 2.45) is 0 Å². The first kappa shape index (κ1) is 12.3. The molecule has 1 heterocycles. The zero-order chi connectivity index (χ0) is 13.0. The highest BCUT2D eigenvalue weighted by Gasteiger charge is 1.99. The van der Waals surface area contributed by atoms with E-state index in [1.54, 1.807) is 13.2 Å². The predicted molar refractivity (Wildman–Crippen MR) is 72.9 cm³/mol. The van der Waals surface area contributed by atoms with E-state index in [0.717, 1.165) is 24.5 Å². The number of nitrogens with two attached hydrogens (primary N) is 1. The smallest absolute Gasteiger partial charge is 0.122 e. The summed E-state index contributed by atoms with van der Waals surface area (Å²) in [5, 5.41) is 7.52. The lowest BCUT2D eigenvalue weighted by Gasteiger charge is -2.09. The van der Waals surface area contributed by atoms with Crippen LogP contribution in [0, 0.1) is 6.92 Å². The Labute approximate surface area is 107 Å². The van der Waals surface area contributed by atoms with E-state index in [2.05, 4.69) is 10.4 Å². The van der Waals surface area contributed by atoms with Crippen LogP contribution < -0.4 is 15.8 Å². The summed E-state index contributed by atoms with van der Waals surface area (Å²) in [6.45, 7) is 3.62. The van der Waals surface area contributed by atoms with Crippen LogP contribution in [0.5, 0.6) is 5.75 Å². The Kier molecular flexibility index (Phi) is 3.72. The monoisotopic (exact) mass is 246 g/mol. The van der Waals surface area contributed by atoms with Gasteiger partial charge in [-0.05, 0) is 18.6 Å². The molecule has 0 fully saturated rings. The van der Waals surface area contributed by atoms with Gasteiger partial charge in [-0.2, -0.15) is 5.10 Å². The highest BCUT2D eigenvalue weighted by molar-refractivity contribution is 5.59. The van der Waals surface area contributed by atoms with Gasteiger partial charge in [0.15, 0.2) is 0 Å². The third-order valence-electron chi connectivity index (χ3n) is 2.60. The molecule has 0 unspecified atom stereocenters. The third-order valence-corrected chi connectivity index (χ3v) is 2.60. The maximum Gasteiger partial charge on any atom is 0.122 e. The van der Waals surface area contributed by atoms with E-state index in [1.807, 2.05) is 36.1 Å². The van der Waals surface area contributed by atoms with Crippen LogP contribution in [-0.2, 0) is 6.54 Å². The van der Waals surface area contributed by atoms with Crippen LogP contribution in [0.3, 0.4) is 0 Å². The van der Waals surface area contributed by atoms with Crippen LogP contribution in [0.2, 0.25) is 0 Å². The molecule has 0 saturated heterocycles. The highest BCUT2D eigenvalue weighted by atomic mass is 16.5. The molecule has 1 aromatic heterocycles. The molecule has 2 rings (SSSR count). The molecule has 96 valence electrons. The van der Waals surface area contributed by atoms with Gasteiger partial charge in [0.25, 0.3) is 0 Å². The number of rotatable bonds is 5. The minimum Gasteiger partial charge on any atom is -0.497 e. The first-order chi connectivity index (χ1) is 8.67. The van der Waals surface area contributed by atoms with Crippen LogP contribution in [-0.4, -0.2) is 23.4 Å². The first-order valence-electron chi connectivity index (χ1n) is 5.85. The van der Waals surface area contributed by atoms with Crippen molar-refractivity contribution in [3.05, 3.63) is 36.2 Å². The summed E-state index contributed by atoms with van der Waals surface area (Å²) < 4.78 is 7.07. The average Bonchev–Trinajstić information content (AvgIpc) is 2.74. The van der Waals surface area contributed by atoms with Gasteiger partial charge in [-0.1, -0.05) is 0 Å². The normalized spacial score (nSPS) is 10.3. The number of aromatic nitrogens is 2. The van der Waals surface area contributed by atoms with E-state index < -0.39 is 0 Å². The average molecular weight is 246 g/mol. The quantitative estimate of drug-likeness (QED) is 0.791. The van der Waals surface area contributed by atoms with E-state index in [1.165, 1.54) is 5.56 Å². The SMILES string of the molecule is COc1cc(N)cc(NCCn2cc(C)cn2)c1. The predicted octanol–water partition coefficient (Wildman–Crippen LogP) is 1.89. The van der Waals surface area contributed by atoms with Gasteiger partial charge in [-0.15, -0.1) is 0 Å². The van der Waals surface area contributed by atoms with Crippen LogP contribution in [0.25, 0.3) is 0 Å². The van der Waals surface area contributed by atoms with Crippen LogP contribution in [0.1, 0.15) is 5.56 Å². The van der Waals surface area contributed by atoms with E-state index in [9.17, 15) is 0 Å². The largest absolute Gasteiger partial charge is 0.497 e. The van der Waals surface area contributed by atoms with Crippen molar-refractivity contribution in [3.63, 3.8) is 0 Å². The minimum absolute atomic E-state index is 0.687. The fraction of sp³-hybridized carbons (Fsp3) is 0.308. The van der Waals surface area contributed by atoms with Crippen molar-refractivity contribution in [3.8, 4) is 5.75 Å². The number of ether oxygens (including phenoxy) is 1. The summed E-state index contributed by atoms with van der Waals surface area (Å²) in [7, 11) is 1.63. The summed E-state index contributed by atoms with van der Waals surface area (Å²) in [4.78, 5) is 0. The Morgan fingerprint density at radius 1 is 1.39 bits per heavy atom. The lowest BCUT2D eigenvalue weighted by Crippen LogP contribution is -2.11. The Hall–Kier alpha value is -2.17. The fourth-order valence-electron chi connectivity index (χ4n) is 1.75. The second-order valence-electron chi connectivity index (χ2n) is 4.20. The number of hydrogen-bond acceptors (Lipinski definition) is 4. The molecule has 5 nitrogen and oxygen atoms in total. The lowest BCUT2D eigenvalue weighted by atomic mass is 10.2. The van der Waals surface area contributed by atoms with Gasteiger partial charge in [0.1, 0.15) is 5.75 Å². The van der Waals surface area contributed by atoms with Crippen molar-refractivity contribution >= 4 is 11.4 Å². The molecule has 0 saturated carbocycles. The van der Waals surface area contributed by atoms with Gasteiger partial charge in [-0.25, -0.2) is 0 Å². The molecule has 0 spiro atoms. The van der Waals surface area contributed by atoms with Crippen molar-refractivity contribution in [1.29, 1.82) is 0 Å². The summed E-state index contributed by atoms with van der Waals surface area (Å²) in [5.41, 5.74) is 8.59. The fourth-order valence-corrected chi connectivity index (χ4v) is 1.75. The Bertz CT molecular complexity index is 521. The van der Waals surface area contributed by atoms with E-state index in [0.29, 0.717) is 5.69 Å². The van der Waals surface area contributed by atoms with E-state index in [4.69, 9.17) is 10.5 Å². The molecular weight excluding hydrogens is 228 g/mol. The molecular formula is C13H18N4O. The zero-order valence-electron chi connectivity index (χ0n) is 10.7. The first-order valence-corrected chi connectivity index (χ1v) is 5.85. The van der Waals surface area contributed by atoms with Crippen LogP contribution in [0.4, 0.5) is 11.4 Å². The Balaban J connectivity index is 1.91. The number of aryl methyl sites for hydroxylation is 1. The number of hydrogen-bond donors (Lipinski definition) is 2. The molecule has 0 aliphatic rings. The summed E-state index contributed by atoms with van der Waals surface area (Å²) in [6.07, 6.45) is 3.87. The number of anilines is 2. The van der Waals surface area contributed by atoms with Crippen molar-refractivity contribution in [2.75, 3.05) is 24.7 Å². The van der Waals surface area contributed by atoms with E-state index in [-0.39, 0.29) is 0 Å². The molecule has 0 aliphatic carbocycles. The molecule has 0 atom stereocenters. The Morgan fingerprint density at radius 3 is 2.89 bits per heavy atom. The molecule has 2 aromatic rings. The topological polar surface area (TPSA) is 65.1 Å². The number of benzene rings is 1. The van der Waals surface area contributed by atoms with Gasteiger partial charge < -0.3 is 15.8 Å². The van der Waals surface area contributed by atoms with Crippen LogP contribution >= 0.6 is 0 Å². The molecule has 3 N–H and O–H groups in total. The standard InChI is InChI=1S/C13H18N4O/c1-10-8-16-17(9-10)4-3-15-12-5-11(14)6-13(7-12)18-2/h5-9,15H,3-4,14H2,1-2H3. The van der Waals surface area contributed by atoms with Crippen LogP contribution in [0.15, 0.2) is 30.6 Å². The molecule has 0 amide bonds. The van der Waals surface area contributed by atoms with Gasteiger partial charge in [0.2, 0.25) is 0 Å². The lowest BCUT2D eigenvalue weighted by molar-refractivity contribution is 0.415. The summed E-state index contributed by atoms with van der Waals surface area (Å²) >= 11 is 0.